The summed E-state index contributed by atoms with van der Waals surface area (Å²) >= 11 is 0. The predicted molar refractivity (Wildman–Crippen MR) is 116 cm³/mol. The maximum atomic E-state index is 5.44. The van der Waals surface area contributed by atoms with Gasteiger partial charge in [0.15, 0.2) is 0 Å². The fourth-order valence-corrected chi connectivity index (χ4v) is 3.50. The molecule has 29 heavy (non-hydrogen) atoms. The number of fused-ring (bicyclic) bond motifs is 1. The average molecular weight is 386 g/mol. The van der Waals surface area contributed by atoms with Gasteiger partial charge < -0.3 is 25.3 Å². The van der Waals surface area contributed by atoms with Gasteiger partial charge in [0, 0.05) is 53.4 Å². The molecule has 1 aliphatic rings. The standard InChI is InChI=1S/C22H22N6O/c1-2-17(15-19(3-1)28-10-12-29-13-11-28)26-22-24-9-7-21(27-22)25-18-4-5-20-16(14-18)6-8-23-20/h1-9,14-15,23H,10-13H2,(H2,24,25,26,27). The van der Waals surface area contributed by atoms with Gasteiger partial charge >= 0.3 is 0 Å². The molecule has 0 unspecified atom stereocenters. The molecule has 0 amide bonds. The van der Waals surface area contributed by atoms with Crippen molar-refractivity contribution in [3.63, 3.8) is 0 Å². The van der Waals surface area contributed by atoms with E-state index in [0.29, 0.717) is 5.95 Å². The van der Waals surface area contributed by atoms with Gasteiger partial charge in [0.1, 0.15) is 5.82 Å². The van der Waals surface area contributed by atoms with Gasteiger partial charge in [-0.2, -0.15) is 4.98 Å². The summed E-state index contributed by atoms with van der Waals surface area (Å²) in [6.45, 7) is 3.35. The zero-order chi connectivity index (χ0) is 19.5. The molecule has 3 heterocycles. The molecule has 7 nitrogen and oxygen atoms in total. The molecule has 0 saturated carbocycles. The Morgan fingerprint density at radius 2 is 1.83 bits per heavy atom. The Morgan fingerprint density at radius 3 is 2.76 bits per heavy atom. The maximum absolute atomic E-state index is 5.44. The van der Waals surface area contributed by atoms with Gasteiger partial charge in [-0.15, -0.1) is 0 Å². The number of nitrogens with one attached hydrogen (secondary N) is 3. The van der Waals surface area contributed by atoms with Crippen molar-refractivity contribution >= 4 is 39.7 Å². The molecule has 5 rings (SSSR count). The third-order valence-corrected chi connectivity index (χ3v) is 4.96. The van der Waals surface area contributed by atoms with Crippen molar-refractivity contribution in [3.8, 4) is 0 Å². The lowest BCUT2D eigenvalue weighted by atomic mass is 10.2. The molecule has 0 aliphatic carbocycles. The van der Waals surface area contributed by atoms with Crippen LogP contribution in [-0.2, 0) is 4.74 Å². The minimum Gasteiger partial charge on any atom is -0.378 e. The summed E-state index contributed by atoms with van der Waals surface area (Å²) in [6.07, 6.45) is 3.69. The van der Waals surface area contributed by atoms with Gasteiger partial charge in [0.25, 0.3) is 0 Å². The van der Waals surface area contributed by atoms with E-state index in [0.717, 1.165) is 54.4 Å². The summed E-state index contributed by atoms with van der Waals surface area (Å²) in [5.74, 6) is 1.29. The Morgan fingerprint density at radius 1 is 0.931 bits per heavy atom. The van der Waals surface area contributed by atoms with Crippen LogP contribution in [0, 0.1) is 0 Å². The molecule has 3 N–H and O–H groups in total. The first-order valence-corrected chi connectivity index (χ1v) is 9.70. The molecule has 2 aromatic carbocycles. The first kappa shape index (κ1) is 17.5. The lowest BCUT2D eigenvalue weighted by molar-refractivity contribution is 0.122. The molecule has 0 spiro atoms. The van der Waals surface area contributed by atoms with Crippen LogP contribution in [0.15, 0.2) is 67.0 Å². The van der Waals surface area contributed by atoms with Crippen LogP contribution < -0.4 is 15.5 Å². The largest absolute Gasteiger partial charge is 0.378 e. The van der Waals surface area contributed by atoms with Gasteiger partial charge in [-0.3, -0.25) is 0 Å². The van der Waals surface area contributed by atoms with E-state index in [1.54, 1.807) is 6.20 Å². The van der Waals surface area contributed by atoms with Crippen LogP contribution in [0.25, 0.3) is 10.9 Å². The fourth-order valence-electron chi connectivity index (χ4n) is 3.50. The molecule has 1 fully saturated rings. The Kier molecular flexibility index (Phi) is 4.72. The quantitative estimate of drug-likeness (QED) is 0.475. The van der Waals surface area contributed by atoms with Crippen LogP contribution in [-0.4, -0.2) is 41.3 Å². The summed E-state index contributed by atoms with van der Waals surface area (Å²) in [7, 11) is 0. The summed E-state index contributed by atoms with van der Waals surface area (Å²) in [5.41, 5.74) is 4.23. The SMILES string of the molecule is c1cc(Nc2nccc(Nc3ccc4[nH]ccc4c3)n2)cc(N2CCOCC2)c1. The second-order valence-electron chi connectivity index (χ2n) is 6.94. The Labute approximate surface area is 168 Å². The number of H-pyrrole nitrogens is 1. The molecule has 1 saturated heterocycles. The number of hydrogen-bond acceptors (Lipinski definition) is 6. The molecule has 0 atom stereocenters. The van der Waals surface area contributed by atoms with Crippen LogP contribution in [0.3, 0.4) is 0 Å². The van der Waals surface area contributed by atoms with Crippen LogP contribution in [0.4, 0.5) is 28.8 Å². The number of anilines is 5. The number of nitrogens with zero attached hydrogens (tertiary/aromatic N) is 3. The topological polar surface area (TPSA) is 78.1 Å². The normalized spacial score (nSPS) is 14.1. The third-order valence-electron chi connectivity index (χ3n) is 4.96. The maximum Gasteiger partial charge on any atom is 0.229 e. The number of ether oxygens (including phenoxy) is 1. The molecular formula is C22H22N6O. The van der Waals surface area contributed by atoms with E-state index in [9.17, 15) is 0 Å². The van der Waals surface area contributed by atoms with E-state index in [4.69, 9.17) is 4.74 Å². The van der Waals surface area contributed by atoms with Crippen molar-refractivity contribution in [1.29, 1.82) is 0 Å². The average Bonchev–Trinajstić information content (AvgIpc) is 3.23. The van der Waals surface area contributed by atoms with E-state index >= 15 is 0 Å². The summed E-state index contributed by atoms with van der Waals surface area (Å²) < 4.78 is 5.44. The Hall–Kier alpha value is -3.58. The highest BCUT2D eigenvalue weighted by molar-refractivity contribution is 5.83. The first-order chi connectivity index (χ1) is 14.3. The van der Waals surface area contributed by atoms with Gasteiger partial charge in [-0.25, -0.2) is 4.98 Å². The van der Waals surface area contributed by atoms with Crippen molar-refractivity contribution < 1.29 is 4.74 Å². The zero-order valence-electron chi connectivity index (χ0n) is 15.9. The molecule has 4 aromatic rings. The fraction of sp³-hybridized carbons (Fsp3) is 0.182. The monoisotopic (exact) mass is 386 g/mol. The third kappa shape index (κ3) is 4.00. The highest BCUT2D eigenvalue weighted by Gasteiger charge is 2.11. The van der Waals surface area contributed by atoms with E-state index in [1.165, 1.54) is 5.69 Å². The minimum atomic E-state index is 0.553. The lowest BCUT2D eigenvalue weighted by Crippen LogP contribution is -2.36. The molecular weight excluding hydrogens is 364 g/mol. The molecule has 7 heteroatoms. The van der Waals surface area contributed by atoms with Crippen LogP contribution in [0.2, 0.25) is 0 Å². The van der Waals surface area contributed by atoms with Crippen molar-refractivity contribution in [2.24, 2.45) is 0 Å². The Bertz CT molecular complexity index is 1120. The second kappa shape index (κ2) is 7.81. The van der Waals surface area contributed by atoms with E-state index in [2.05, 4.69) is 60.8 Å². The van der Waals surface area contributed by atoms with Gasteiger partial charge in [0.05, 0.1) is 13.2 Å². The van der Waals surface area contributed by atoms with Crippen molar-refractivity contribution in [1.82, 2.24) is 15.0 Å². The van der Waals surface area contributed by atoms with Gasteiger partial charge in [0.2, 0.25) is 5.95 Å². The number of hydrogen-bond donors (Lipinski definition) is 3. The zero-order valence-corrected chi connectivity index (χ0v) is 15.9. The van der Waals surface area contributed by atoms with E-state index < -0.39 is 0 Å². The molecule has 0 bridgehead atoms. The smallest absolute Gasteiger partial charge is 0.229 e. The minimum absolute atomic E-state index is 0.553. The number of aromatic amines is 1. The van der Waals surface area contributed by atoms with Crippen molar-refractivity contribution in [2.45, 2.75) is 0 Å². The van der Waals surface area contributed by atoms with E-state index in [1.807, 2.05) is 30.5 Å². The first-order valence-electron chi connectivity index (χ1n) is 9.70. The van der Waals surface area contributed by atoms with Crippen LogP contribution >= 0.6 is 0 Å². The van der Waals surface area contributed by atoms with E-state index in [-0.39, 0.29) is 0 Å². The second-order valence-corrected chi connectivity index (χ2v) is 6.94. The van der Waals surface area contributed by atoms with Gasteiger partial charge in [-0.05, 0) is 48.5 Å². The van der Waals surface area contributed by atoms with Crippen LogP contribution in [0.5, 0.6) is 0 Å². The highest BCUT2D eigenvalue weighted by Crippen LogP contribution is 2.24. The molecule has 146 valence electrons. The number of morpholine rings is 1. The number of rotatable bonds is 5. The highest BCUT2D eigenvalue weighted by atomic mass is 16.5. The predicted octanol–water partition coefficient (Wildman–Crippen LogP) is 4.28. The van der Waals surface area contributed by atoms with Crippen molar-refractivity contribution in [3.05, 3.63) is 67.0 Å². The summed E-state index contributed by atoms with van der Waals surface area (Å²) in [4.78, 5) is 14.5. The summed E-state index contributed by atoms with van der Waals surface area (Å²) in [6, 6.07) is 18.4. The van der Waals surface area contributed by atoms with Gasteiger partial charge in [-0.1, -0.05) is 6.07 Å². The van der Waals surface area contributed by atoms with Crippen molar-refractivity contribution in [2.75, 3.05) is 41.8 Å². The summed E-state index contributed by atoms with van der Waals surface area (Å²) in [5, 5.41) is 7.81. The Balaban J connectivity index is 1.32. The molecule has 2 aromatic heterocycles. The molecule has 0 radical (unpaired) electrons. The number of aromatic nitrogens is 3. The van der Waals surface area contributed by atoms with Crippen LogP contribution in [0.1, 0.15) is 0 Å². The lowest BCUT2D eigenvalue weighted by Gasteiger charge is -2.29. The molecule has 1 aliphatic heterocycles. The number of benzene rings is 2.